The van der Waals surface area contributed by atoms with Crippen LogP contribution in [0.3, 0.4) is 0 Å². The van der Waals surface area contributed by atoms with Crippen molar-refractivity contribution in [3.63, 3.8) is 0 Å². The maximum Gasteiger partial charge on any atom is 0.328 e. The highest BCUT2D eigenvalue weighted by Crippen LogP contribution is 2.30. The van der Waals surface area contributed by atoms with Crippen molar-refractivity contribution in [2.75, 3.05) is 51.1 Å². The number of benzene rings is 1. The number of amides is 1. The number of carboxylic acid groups (broad SMARTS) is 1. The molecule has 222 valence electrons. The first-order valence-corrected chi connectivity index (χ1v) is 14.2. The summed E-state index contributed by atoms with van der Waals surface area (Å²) in [4.78, 5) is 44.1. The van der Waals surface area contributed by atoms with Gasteiger partial charge in [0.1, 0.15) is 5.82 Å². The highest BCUT2D eigenvalue weighted by Gasteiger charge is 2.31. The molecule has 1 N–H and O–H groups in total. The van der Waals surface area contributed by atoms with E-state index < -0.39 is 5.97 Å². The van der Waals surface area contributed by atoms with E-state index in [0.717, 1.165) is 60.8 Å². The van der Waals surface area contributed by atoms with Crippen LogP contribution in [-0.2, 0) is 20.9 Å². The molecule has 3 aromatic rings. The molecule has 0 bridgehead atoms. The first-order chi connectivity index (χ1) is 20.2. The van der Waals surface area contributed by atoms with Crippen LogP contribution in [0.25, 0.3) is 17.2 Å². The maximum atomic E-state index is 13.9. The zero-order valence-corrected chi connectivity index (χ0v) is 24.8. The van der Waals surface area contributed by atoms with Crippen LogP contribution in [0.5, 0.6) is 0 Å². The predicted molar refractivity (Wildman–Crippen MR) is 164 cm³/mol. The number of carbonyl (C=O) groups is 2. The van der Waals surface area contributed by atoms with E-state index in [2.05, 4.69) is 19.9 Å². The van der Waals surface area contributed by atoms with E-state index in [0.29, 0.717) is 18.8 Å². The average molecular weight is 573 g/mol. The molecule has 0 radical (unpaired) electrons. The van der Waals surface area contributed by atoms with Crippen molar-refractivity contribution in [3.05, 3.63) is 72.2 Å². The minimum atomic E-state index is -1.07. The lowest BCUT2D eigenvalue weighted by Gasteiger charge is -2.31. The van der Waals surface area contributed by atoms with Gasteiger partial charge in [-0.25, -0.2) is 19.7 Å². The van der Waals surface area contributed by atoms with E-state index in [1.54, 1.807) is 17.2 Å². The Balaban J connectivity index is 1.52. The fraction of sp³-hybridized carbons (Fsp3) is 0.406. The lowest BCUT2D eigenvalue weighted by molar-refractivity contribution is -0.131. The van der Waals surface area contributed by atoms with Gasteiger partial charge >= 0.3 is 5.97 Å². The average Bonchev–Trinajstić information content (AvgIpc) is 2.99. The Morgan fingerprint density at radius 3 is 2.29 bits per heavy atom. The number of rotatable bonds is 12. The van der Waals surface area contributed by atoms with Crippen molar-refractivity contribution in [2.24, 2.45) is 5.92 Å². The Morgan fingerprint density at radius 1 is 0.952 bits per heavy atom. The number of nitrogens with zero attached hydrogens (tertiary/aromatic N) is 6. The number of carbonyl (C=O) groups excluding carboxylic acids is 1. The van der Waals surface area contributed by atoms with Crippen LogP contribution in [0.1, 0.15) is 36.9 Å². The molecular weight excluding hydrogens is 532 g/mol. The van der Waals surface area contributed by atoms with Crippen LogP contribution in [0.2, 0.25) is 0 Å². The number of anilines is 2. The van der Waals surface area contributed by atoms with E-state index in [1.807, 2.05) is 75.7 Å². The molecule has 10 heteroatoms. The second-order valence-corrected chi connectivity index (χ2v) is 11.0. The van der Waals surface area contributed by atoms with Gasteiger partial charge in [-0.05, 0) is 75.2 Å². The summed E-state index contributed by atoms with van der Waals surface area (Å²) in [6.07, 6.45) is 9.11. The number of aromatic nitrogens is 3. The predicted octanol–water partition coefficient (Wildman–Crippen LogP) is 4.37. The van der Waals surface area contributed by atoms with Crippen LogP contribution in [0.15, 0.2) is 60.9 Å². The lowest BCUT2D eigenvalue weighted by atomic mass is 9.86. The lowest BCUT2D eigenvalue weighted by Crippen LogP contribution is -2.39. The number of ether oxygens (including phenoxy) is 1. The molecule has 1 amide bonds. The van der Waals surface area contributed by atoms with Gasteiger partial charge in [-0.1, -0.05) is 24.3 Å². The van der Waals surface area contributed by atoms with Crippen LogP contribution in [-0.4, -0.2) is 84.3 Å². The topological polar surface area (TPSA) is 112 Å². The van der Waals surface area contributed by atoms with Crippen LogP contribution < -0.4 is 9.80 Å². The molecular formula is C32H40N6O4. The normalized spacial score (nSPS) is 17.0. The Labute approximate surface area is 247 Å². The van der Waals surface area contributed by atoms with E-state index in [-0.39, 0.29) is 23.9 Å². The van der Waals surface area contributed by atoms with E-state index >= 15 is 0 Å². The zero-order valence-electron chi connectivity index (χ0n) is 24.8. The van der Waals surface area contributed by atoms with E-state index in [1.165, 1.54) is 6.08 Å². The van der Waals surface area contributed by atoms with Crippen molar-refractivity contribution in [2.45, 2.75) is 38.3 Å². The summed E-state index contributed by atoms with van der Waals surface area (Å²) >= 11 is 0. The number of carboxylic acids is 1. The molecule has 0 saturated heterocycles. The number of hydrogen-bond acceptors (Lipinski definition) is 8. The zero-order chi connectivity index (χ0) is 30.1. The van der Waals surface area contributed by atoms with Gasteiger partial charge in [0, 0.05) is 50.6 Å². The van der Waals surface area contributed by atoms with Crippen LogP contribution >= 0.6 is 0 Å². The van der Waals surface area contributed by atoms with Crippen molar-refractivity contribution in [3.8, 4) is 11.1 Å². The van der Waals surface area contributed by atoms with Crippen LogP contribution in [0, 0.1) is 5.92 Å². The van der Waals surface area contributed by atoms with Gasteiger partial charge in [0.05, 0.1) is 24.9 Å². The summed E-state index contributed by atoms with van der Waals surface area (Å²) < 4.78 is 6.04. The van der Waals surface area contributed by atoms with Crippen LogP contribution in [0.4, 0.5) is 11.8 Å². The molecule has 0 atom stereocenters. The number of aliphatic carboxylic acids is 1. The van der Waals surface area contributed by atoms with Gasteiger partial charge < -0.3 is 19.6 Å². The summed E-state index contributed by atoms with van der Waals surface area (Å²) in [6, 6.07) is 13.7. The minimum Gasteiger partial charge on any atom is -0.478 e. The second kappa shape index (κ2) is 14.7. The molecule has 1 aromatic carbocycles. The summed E-state index contributed by atoms with van der Waals surface area (Å²) in [7, 11) is 7.96. The van der Waals surface area contributed by atoms with Gasteiger partial charge in [0.15, 0.2) is 0 Å². The molecule has 2 aromatic heterocycles. The van der Waals surface area contributed by atoms with Gasteiger partial charge in [-0.15, -0.1) is 0 Å². The highest BCUT2D eigenvalue weighted by molar-refractivity contribution is 5.93. The largest absolute Gasteiger partial charge is 0.478 e. The smallest absolute Gasteiger partial charge is 0.328 e. The fourth-order valence-electron chi connectivity index (χ4n) is 4.89. The Morgan fingerprint density at radius 2 is 1.67 bits per heavy atom. The van der Waals surface area contributed by atoms with E-state index in [4.69, 9.17) is 9.84 Å². The molecule has 0 spiro atoms. The molecule has 0 aliphatic heterocycles. The monoisotopic (exact) mass is 572 g/mol. The van der Waals surface area contributed by atoms with Crippen molar-refractivity contribution in [1.29, 1.82) is 0 Å². The molecule has 1 aliphatic rings. The molecule has 1 fully saturated rings. The maximum absolute atomic E-state index is 13.9. The third kappa shape index (κ3) is 8.67. The van der Waals surface area contributed by atoms with Gasteiger partial charge in [-0.3, -0.25) is 9.69 Å². The van der Waals surface area contributed by atoms with Crippen molar-refractivity contribution in [1.82, 2.24) is 19.9 Å². The van der Waals surface area contributed by atoms with Crippen molar-refractivity contribution >= 4 is 29.7 Å². The summed E-state index contributed by atoms with van der Waals surface area (Å²) in [6.45, 7) is 1.84. The van der Waals surface area contributed by atoms with Crippen molar-refractivity contribution < 1.29 is 19.4 Å². The number of hydrogen-bond donors (Lipinski definition) is 1. The van der Waals surface area contributed by atoms with Gasteiger partial charge in [0.2, 0.25) is 11.9 Å². The molecule has 4 rings (SSSR count). The first kappa shape index (κ1) is 30.8. The summed E-state index contributed by atoms with van der Waals surface area (Å²) in [5, 5.41) is 9.04. The number of likely N-dealkylation sites (N-methyl/N-ethyl adjacent to an activating group) is 1. The third-order valence-corrected chi connectivity index (χ3v) is 7.32. The van der Waals surface area contributed by atoms with Gasteiger partial charge in [-0.2, -0.15) is 0 Å². The molecule has 1 aliphatic carbocycles. The highest BCUT2D eigenvalue weighted by atomic mass is 16.5. The Bertz CT molecular complexity index is 1350. The third-order valence-electron chi connectivity index (χ3n) is 7.32. The number of pyridine rings is 1. The fourth-order valence-corrected chi connectivity index (χ4v) is 4.89. The standard InChI is InChI=1S/C32H40N6O4/c1-36(2)19-20-42-28-13-9-25(10-14-28)31(41)38(32-33-18-17-27(35-32)12-16-30(39)40)22-23-5-7-24(8-6-23)26-11-15-29(34-21-26)37(3)4/h5-8,11-12,15-18,21,25,28H,9-10,13-14,19-20,22H2,1-4H3,(H,39,40). The first-order valence-electron chi connectivity index (χ1n) is 14.2. The SMILES string of the molecule is CN(C)CCOC1CCC(C(=O)N(Cc2ccc(-c3ccc(N(C)C)nc3)cc2)c2nccc(C=CC(=O)O)n2)CC1. The molecule has 1 saturated carbocycles. The van der Waals surface area contributed by atoms with E-state index in [9.17, 15) is 9.59 Å². The minimum absolute atomic E-state index is 0.0337. The summed E-state index contributed by atoms with van der Waals surface area (Å²) in [5.41, 5.74) is 3.38. The Hall–Kier alpha value is -4.15. The molecule has 10 nitrogen and oxygen atoms in total. The quantitative estimate of drug-likeness (QED) is 0.316. The Kier molecular flexibility index (Phi) is 10.7. The molecule has 42 heavy (non-hydrogen) atoms. The summed E-state index contributed by atoms with van der Waals surface area (Å²) in [5.74, 6) is -0.127. The van der Waals surface area contributed by atoms with Gasteiger partial charge in [0.25, 0.3) is 0 Å². The second-order valence-electron chi connectivity index (χ2n) is 11.0. The molecule has 0 unspecified atom stereocenters. The molecule has 2 heterocycles.